The lowest BCUT2D eigenvalue weighted by molar-refractivity contribution is 0.0698. The van der Waals surface area contributed by atoms with E-state index in [9.17, 15) is 9.90 Å². The molecule has 5 nitrogen and oxygen atoms in total. The van der Waals surface area contributed by atoms with Crippen molar-refractivity contribution in [3.63, 3.8) is 0 Å². The second-order valence-electron chi connectivity index (χ2n) is 4.58. The highest BCUT2D eigenvalue weighted by Crippen LogP contribution is 2.25. The number of fused-ring (bicyclic) bond motifs is 1. The van der Waals surface area contributed by atoms with Gasteiger partial charge in [-0.25, -0.2) is 9.78 Å². The van der Waals surface area contributed by atoms with Crippen molar-refractivity contribution in [3.8, 4) is 0 Å². The van der Waals surface area contributed by atoms with E-state index < -0.39 is 5.97 Å². The van der Waals surface area contributed by atoms with Crippen LogP contribution in [0.25, 0.3) is 10.8 Å². The molecule has 0 spiro atoms. The third kappa shape index (κ3) is 2.88. The summed E-state index contributed by atoms with van der Waals surface area (Å²) in [7, 11) is 1.66. The second-order valence-corrected chi connectivity index (χ2v) is 4.58. The van der Waals surface area contributed by atoms with Crippen LogP contribution in [0.3, 0.4) is 0 Å². The lowest BCUT2D eigenvalue weighted by atomic mass is 10.1. The van der Waals surface area contributed by atoms with Crippen LogP contribution in [0.2, 0.25) is 0 Å². The van der Waals surface area contributed by atoms with E-state index in [2.05, 4.69) is 17.2 Å². The van der Waals surface area contributed by atoms with E-state index in [1.165, 1.54) is 6.20 Å². The second kappa shape index (κ2) is 6.34. The van der Waals surface area contributed by atoms with Gasteiger partial charge in [-0.1, -0.05) is 31.2 Å². The third-order valence-corrected chi connectivity index (χ3v) is 3.23. The molecule has 1 atom stereocenters. The lowest BCUT2D eigenvalue weighted by Crippen LogP contribution is -2.24. The molecule has 2 N–H and O–H groups in total. The van der Waals surface area contributed by atoms with E-state index in [4.69, 9.17) is 4.74 Å². The Morgan fingerprint density at radius 1 is 1.40 bits per heavy atom. The van der Waals surface area contributed by atoms with E-state index in [0.717, 1.165) is 11.8 Å². The minimum absolute atomic E-state index is 0.145. The predicted molar refractivity (Wildman–Crippen MR) is 78.3 cm³/mol. The molecule has 0 saturated heterocycles. The number of methoxy groups -OCH3 is 1. The topological polar surface area (TPSA) is 71.5 Å². The molecule has 1 aromatic carbocycles. The van der Waals surface area contributed by atoms with Crippen LogP contribution in [-0.2, 0) is 4.74 Å². The number of rotatable bonds is 6. The molecule has 1 aromatic heterocycles. The molecule has 0 radical (unpaired) electrons. The number of benzene rings is 1. The molecule has 0 bridgehead atoms. The van der Waals surface area contributed by atoms with Gasteiger partial charge in [0.1, 0.15) is 5.82 Å². The van der Waals surface area contributed by atoms with E-state index >= 15 is 0 Å². The van der Waals surface area contributed by atoms with Crippen molar-refractivity contribution >= 4 is 22.6 Å². The number of anilines is 1. The highest BCUT2D eigenvalue weighted by atomic mass is 16.5. The Bertz CT molecular complexity index is 613. The minimum atomic E-state index is -0.968. The van der Waals surface area contributed by atoms with E-state index in [-0.39, 0.29) is 11.6 Å². The molecule has 0 saturated carbocycles. The van der Waals surface area contributed by atoms with Crippen molar-refractivity contribution < 1.29 is 14.6 Å². The summed E-state index contributed by atoms with van der Waals surface area (Å²) in [4.78, 5) is 15.5. The first kappa shape index (κ1) is 14.3. The fourth-order valence-electron chi connectivity index (χ4n) is 2.13. The van der Waals surface area contributed by atoms with Crippen molar-refractivity contribution in [1.29, 1.82) is 0 Å². The van der Waals surface area contributed by atoms with Crippen LogP contribution in [0.1, 0.15) is 23.7 Å². The van der Waals surface area contributed by atoms with Gasteiger partial charge in [0.05, 0.1) is 18.2 Å². The SMILES string of the molecule is CCC(COC)Nc1ncc(C(=O)O)c2ccccc12. The summed E-state index contributed by atoms with van der Waals surface area (Å²) < 4.78 is 5.16. The summed E-state index contributed by atoms with van der Waals surface area (Å²) in [5.74, 6) is -0.279. The van der Waals surface area contributed by atoms with Crippen molar-refractivity contribution in [3.05, 3.63) is 36.0 Å². The quantitative estimate of drug-likeness (QED) is 0.847. The molecule has 2 rings (SSSR count). The summed E-state index contributed by atoms with van der Waals surface area (Å²) >= 11 is 0. The molecule has 2 aromatic rings. The van der Waals surface area contributed by atoms with Gasteiger partial charge in [-0.3, -0.25) is 0 Å². The number of carboxylic acid groups (broad SMARTS) is 1. The summed E-state index contributed by atoms with van der Waals surface area (Å²) in [6.45, 7) is 2.64. The molecule has 0 aliphatic heterocycles. The van der Waals surface area contributed by atoms with Gasteiger partial charge >= 0.3 is 5.97 Å². The van der Waals surface area contributed by atoms with Crippen LogP contribution in [0.15, 0.2) is 30.5 Å². The lowest BCUT2D eigenvalue weighted by Gasteiger charge is -2.18. The summed E-state index contributed by atoms with van der Waals surface area (Å²) in [6, 6.07) is 7.51. The Hall–Kier alpha value is -2.14. The van der Waals surface area contributed by atoms with Crippen molar-refractivity contribution in [2.24, 2.45) is 0 Å². The normalized spacial score (nSPS) is 12.3. The van der Waals surface area contributed by atoms with Gasteiger partial charge in [-0.15, -0.1) is 0 Å². The van der Waals surface area contributed by atoms with Crippen molar-refractivity contribution in [1.82, 2.24) is 4.98 Å². The van der Waals surface area contributed by atoms with Crippen LogP contribution in [0.4, 0.5) is 5.82 Å². The molecular weight excluding hydrogens is 256 g/mol. The van der Waals surface area contributed by atoms with Crippen LogP contribution < -0.4 is 5.32 Å². The Kier molecular flexibility index (Phi) is 4.53. The maximum atomic E-state index is 11.2. The van der Waals surface area contributed by atoms with Gasteiger partial charge in [0, 0.05) is 24.1 Å². The number of hydrogen-bond donors (Lipinski definition) is 2. The van der Waals surface area contributed by atoms with Crippen LogP contribution >= 0.6 is 0 Å². The largest absolute Gasteiger partial charge is 0.478 e. The van der Waals surface area contributed by atoms with Gasteiger partial charge in [0.25, 0.3) is 0 Å². The Morgan fingerprint density at radius 3 is 2.70 bits per heavy atom. The number of aromatic carboxylic acids is 1. The molecule has 0 aliphatic carbocycles. The zero-order chi connectivity index (χ0) is 14.5. The molecule has 106 valence electrons. The maximum absolute atomic E-state index is 11.2. The Morgan fingerprint density at radius 2 is 2.10 bits per heavy atom. The number of aromatic nitrogens is 1. The van der Waals surface area contributed by atoms with Gasteiger partial charge in [-0.2, -0.15) is 0 Å². The molecule has 1 unspecified atom stereocenters. The van der Waals surface area contributed by atoms with E-state index in [0.29, 0.717) is 17.8 Å². The number of nitrogens with one attached hydrogen (secondary N) is 1. The van der Waals surface area contributed by atoms with Gasteiger partial charge in [-0.05, 0) is 6.42 Å². The molecular formula is C15H18N2O3. The fourth-order valence-corrected chi connectivity index (χ4v) is 2.13. The monoisotopic (exact) mass is 274 g/mol. The molecule has 0 aliphatic rings. The summed E-state index contributed by atoms with van der Waals surface area (Å²) in [5, 5.41) is 14.0. The van der Waals surface area contributed by atoms with Crippen LogP contribution in [0.5, 0.6) is 0 Å². The number of nitrogens with zero attached hydrogens (tertiary/aromatic N) is 1. The van der Waals surface area contributed by atoms with Crippen LogP contribution in [0, 0.1) is 0 Å². The van der Waals surface area contributed by atoms with E-state index in [1.807, 2.05) is 18.2 Å². The first-order chi connectivity index (χ1) is 9.67. The molecule has 20 heavy (non-hydrogen) atoms. The van der Waals surface area contributed by atoms with Gasteiger partial charge < -0.3 is 15.2 Å². The van der Waals surface area contributed by atoms with Gasteiger partial charge in [0.15, 0.2) is 0 Å². The fraction of sp³-hybridized carbons (Fsp3) is 0.333. The number of carbonyl (C=O) groups is 1. The number of carboxylic acids is 1. The average molecular weight is 274 g/mol. The third-order valence-electron chi connectivity index (χ3n) is 3.23. The summed E-state index contributed by atoms with van der Waals surface area (Å²) in [5.41, 5.74) is 0.214. The molecule has 5 heteroatoms. The number of ether oxygens (including phenoxy) is 1. The number of hydrogen-bond acceptors (Lipinski definition) is 4. The highest BCUT2D eigenvalue weighted by Gasteiger charge is 2.14. The molecule has 1 heterocycles. The average Bonchev–Trinajstić information content (AvgIpc) is 2.46. The first-order valence-electron chi connectivity index (χ1n) is 6.53. The van der Waals surface area contributed by atoms with E-state index in [1.54, 1.807) is 13.2 Å². The zero-order valence-electron chi connectivity index (χ0n) is 11.6. The maximum Gasteiger partial charge on any atom is 0.337 e. The smallest absolute Gasteiger partial charge is 0.337 e. The predicted octanol–water partition coefficient (Wildman–Crippen LogP) is 2.77. The zero-order valence-corrected chi connectivity index (χ0v) is 11.6. The Labute approximate surface area is 117 Å². The number of pyridine rings is 1. The van der Waals surface area contributed by atoms with Crippen LogP contribution in [-0.4, -0.2) is 35.8 Å². The minimum Gasteiger partial charge on any atom is -0.478 e. The van der Waals surface area contributed by atoms with Gasteiger partial charge in [0.2, 0.25) is 0 Å². The first-order valence-corrected chi connectivity index (χ1v) is 6.53. The molecule has 0 fully saturated rings. The van der Waals surface area contributed by atoms with Crippen molar-refractivity contribution in [2.45, 2.75) is 19.4 Å². The molecule has 0 amide bonds. The highest BCUT2D eigenvalue weighted by molar-refractivity contribution is 6.06. The van der Waals surface area contributed by atoms with Crippen molar-refractivity contribution in [2.75, 3.05) is 19.0 Å². The summed E-state index contributed by atoms with van der Waals surface area (Å²) in [6.07, 6.45) is 2.29. The standard InChI is InChI=1S/C15H18N2O3/c1-3-10(9-20-2)17-14-12-7-5-4-6-11(12)13(8-16-14)15(18)19/h4-8,10H,3,9H2,1-2H3,(H,16,17)(H,18,19). The Balaban J connectivity index is 2.45.